The first-order chi connectivity index (χ1) is 25.6. The molecule has 4 aliphatic carbocycles. The SMILES string of the molecule is [C-]#[N+]c1ccc(-c2ccc(-c3cc(-c4nc(-c5ccccc5)nc(-c5ccccc5)n4)cc(C45CC6CC(CC(C6)C4)C5)c3)c3ccccc23)cc1. The van der Waals surface area contributed by atoms with E-state index in [1.807, 2.05) is 48.5 Å². The third-order valence-electron chi connectivity index (χ3n) is 12.1. The molecule has 0 N–H and O–H groups in total. The number of aromatic nitrogens is 3. The monoisotopic (exact) mass is 670 g/mol. The Balaban J connectivity index is 1.19. The molecule has 0 spiro atoms. The molecule has 4 nitrogen and oxygen atoms in total. The van der Waals surface area contributed by atoms with E-state index in [1.54, 1.807) is 0 Å². The Labute approximate surface area is 305 Å². The lowest BCUT2D eigenvalue weighted by atomic mass is 9.48. The Morgan fingerprint density at radius 2 is 0.923 bits per heavy atom. The van der Waals surface area contributed by atoms with Gasteiger partial charge in [-0.1, -0.05) is 127 Å². The van der Waals surface area contributed by atoms with E-state index in [0.29, 0.717) is 23.2 Å². The Morgan fingerprint density at radius 3 is 1.44 bits per heavy atom. The smallest absolute Gasteiger partial charge is 0.187 e. The highest BCUT2D eigenvalue weighted by atomic mass is 15.0. The van der Waals surface area contributed by atoms with E-state index in [4.69, 9.17) is 21.5 Å². The summed E-state index contributed by atoms with van der Waals surface area (Å²) in [5, 5.41) is 2.42. The Kier molecular flexibility index (Phi) is 7.35. The normalized spacial score (nSPS) is 21.6. The highest BCUT2D eigenvalue weighted by molar-refractivity contribution is 6.05. The molecule has 4 heteroatoms. The fourth-order valence-corrected chi connectivity index (χ4v) is 10.1. The van der Waals surface area contributed by atoms with Crippen LogP contribution < -0.4 is 0 Å². The fraction of sp³-hybridized carbons (Fsp3) is 0.208. The van der Waals surface area contributed by atoms with Gasteiger partial charge in [0.25, 0.3) is 0 Å². The zero-order valence-corrected chi connectivity index (χ0v) is 29.0. The highest BCUT2D eigenvalue weighted by Crippen LogP contribution is 2.61. The van der Waals surface area contributed by atoms with Crippen molar-refractivity contribution < 1.29 is 0 Å². The van der Waals surface area contributed by atoms with Crippen LogP contribution in [-0.2, 0) is 5.41 Å². The maximum absolute atomic E-state index is 7.42. The third kappa shape index (κ3) is 5.40. The first kappa shape index (κ1) is 30.9. The molecule has 4 saturated carbocycles. The number of fused-ring (bicyclic) bond motifs is 1. The predicted molar refractivity (Wildman–Crippen MR) is 211 cm³/mol. The Morgan fingerprint density at radius 1 is 0.462 bits per heavy atom. The van der Waals surface area contributed by atoms with E-state index in [2.05, 4.69) is 95.8 Å². The summed E-state index contributed by atoms with van der Waals surface area (Å²) in [5.41, 5.74) is 10.0. The summed E-state index contributed by atoms with van der Waals surface area (Å²) in [6.45, 7) is 7.42. The standard InChI is InChI=1S/C48H38N4/c1-49-40-18-16-34(17-19-40)41-20-21-42(44-15-9-8-14-43(41)44)37-25-38(27-39(26-37)48-28-31-22-32(29-48)24-33(23-31)30-48)47-51-45(35-10-4-2-5-11-35)50-46(52-47)36-12-6-3-7-13-36/h2-21,25-27,31-33H,22-24,28-30H2. The number of hydrogen-bond donors (Lipinski definition) is 0. The molecule has 0 atom stereocenters. The van der Waals surface area contributed by atoms with Crippen LogP contribution in [-0.4, -0.2) is 15.0 Å². The molecule has 11 rings (SSSR count). The van der Waals surface area contributed by atoms with Crippen molar-refractivity contribution in [2.45, 2.75) is 43.9 Å². The second-order valence-corrected chi connectivity index (χ2v) is 15.4. The average molecular weight is 671 g/mol. The van der Waals surface area contributed by atoms with Crippen molar-refractivity contribution >= 4 is 16.5 Å². The number of hydrogen-bond acceptors (Lipinski definition) is 3. The van der Waals surface area contributed by atoms with Crippen molar-refractivity contribution in [3.8, 4) is 56.4 Å². The van der Waals surface area contributed by atoms with Crippen molar-refractivity contribution in [1.29, 1.82) is 0 Å². The molecule has 0 saturated heterocycles. The van der Waals surface area contributed by atoms with Crippen LogP contribution in [0.1, 0.15) is 44.1 Å². The van der Waals surface area contributed by atoms with Crippen molar-refractivity contribution in [2.24, 2.45) is 17.8 Å². The van der Waals surface area contributed by atoms with Crippen LogP contribution in [0.25, 0.3) is 72.0 Å². The quantitative estimate of drug-likeness (QED) is 0.165. The van der Waals surface area contributed by atoms with Crippen LogP contribution in [0.4, 0.5) is 5.69 Å². The molecule has 0 radical (unpaired) electrons. The first-order valence-electron chi connectivity index (χ1n) is 18.6. The summed E-state index contributed by atoms with van der Waals surface area (Å²) >= 11 is 0. The fourth-order valence-electron chi connectivity index (χ4n) is 10.1. The number of rotatable bonds is 6. The van der Waals surface area contributed by atoms with Gasteiger partial charge in [0, 0.05) is 16.7 Å². The molecule has 250 valence electrons. The van der Waals surface area contributed by atoms with Gasteiger partial charge in [-0.3, -0.25) is 0 Å². The summed E-state index contributed by atoms with van der Waals surface area (Å²) in [7, 11) is 0. The summed E-state index contributed by atoms with van der Waals surface area (Å²) in [4.78, 5) is 19.0. The molecule has 52 heavy (non-hydrogen) atoms. The van der Waals surface area contributed by atoms with E-state index in [1.165, 1.54) is 71.6 Å². The van der Waals surface area contributed by atoms with E-state index in [-0.39, 0.29) is 5.41 Å². The van der Waals surface area contributed by atoms with Crippen LogP contribution in [0, 0.1) is 24.3 Å². The van der Waals surface area contributed by atoms with Gasteiger partial charge in [0.05, 0.1) is 6.57 Å². The molecular formula is C48H38N4. The molecule has 0 aliphatic heterocycles. The molecular weight excluding hydrogens is 633 g/mol. The van der Waals surface area contributed by atoms with Gasteiger partial charge in [0.2, 0.25) is 0 Å². The first-order valence-corrected chi connectivity index (χ1v) is 18.6. The van der Waals surface area contributed by atoms with Gasteiger partial charge in [-0.15, -0.1) is 0 Å². The summed E-state index contributed by atoms with van der Waals surface area (Å²) in [6, 6.07) is 49.1. The zero-order chi connectivity index (χ0) is 34.6. The van der Waals surface area contributed by atoms with Gasteiger partial charge in [0.15, 0.2) is 23.2 Å². The molecule has 4 bridgehead atoms. The molecule has 4 aliphatic rings. The van der Waals surface area contributed by atoms with Gasteiger partial charge in [-0.2, -0.15) is 0 Å². The highest BCUT2D eigenvalue weighted by Gasteiger charge is 2.51. The van der Waals surface area contributed by atoms with E-state index < -0.39 is 0 Å². The molecule has 4 fully saturated rings. The second-order valence-electron chi connectivity index (χ2n) is 15.4. The molecule has 6 aromatic carbocycles. The predicted octanol–water partition coefficient (Wildman–Crippen LogP) is 12.4. The van der Waals surface area contributed by atoms with Crippen molar-refractivity contribution in [3.05, 3.63) is 157 Å². The van der Waals surface area contributed by atoms with Crippen LogP contribution in [0.15, 0.2) is 140 Å². The number of nitrogens with zero attached hydrogens (tertiary/aromatic N) is 4. The topological polar surface area (TPSA) is 43.0 Å². The number of benzene rings is 6. The van der Waals surface area contributed by atoms with Crippen LogP contribution in [0.2, 0.25) is 0 Å². The average Bonchev–Trinajstić information content (AvgIpc) is 3.20. The summed E-state index contributed by atoms with van der Waals surface area (Å²) in [5.74, 6) is 4.58. The van der Waals surface area contributed by atoms with Crippen molar-refractivity contribution in [1.82, 2.24) is 15.0 Å². The van der Waals surface area contributed by atoms with Gasteiger partial charge in [-0.25, -0.2) is 19.8 Å². The summed E-state index contributed by atoms with van der Waals surface area (Å²) < 4.78 is 0. The van der Waals surface area contributed by atoms with Gasteiger partial charge in [0.1, 0.15) is 0 Å². The van der Waals surface area contributed by atoms with Gasteiger partial charge >= 0.3 is 0 Å². The van der Waals surface area contributed by atoms with Crippen LogP contribution in [0.5, 0.6) is 0 Å². The lowest BCUT2D eigenvalue weighted by molar-refractivity contribution is -0.00515. The van der Waals surface area contributed by atoms with Crippen molar-refractivity contribution in [2.75, 3.05) is 0 Å². The zero-order valence-electron chi connectivity index (χ0n) is 29.0. The van der Waals surface area contributed by atoms with Crippen LogP contribution in [0.3, 0.4) is 0 Å². The maximum atomic E-state index is 7.42. The van der Waals surface area contributed by atoms with Gasteiger partial charge in [-0.05, 0) is 112 Å². The molecule has 1 aromatic heterocycles. The minimum Gasteiger partial charge on any atom is -0.238 e. The molecule has 7 aromatic rings. The lowest BCUT2D eigenvalue weighted by Gasteiger charge is -2.57. The minimum absolute atomic E-state index is 0.192. The Bertz CT molecular complexity index is 2400. The Hall–Kier alpha value is -5.92. The van der Waals surface area contributed by atoms with Crippen LogP contribution >= 0.6 is 0 Å². The van der Waals surface area contributed by atoms with E-state index in [9.17, 15) is 0 Å². The van der Waals surface area contributed by atoms with Crippen molar-refractivity contribution in [3.63, 3.8) is 0 Å². The summed E-state index contributed by atoms with van der Waals surface area (Å²) in [6.07, 6.45) is 8.06. The second kappa shape index (κ2) is 12.4. The molecule has 1 heterocycles. The molecule has 0 unspecified atom stereocenters. The minimum atomic E-state index is 0.192. The van der Waals surface area contributed by atoms with E-state index >= 15 is 0 Å². The maximum Gasteiger partial charge on any atom is 0.187 e. The van der Waals surface area contributed by atoms with E-state index in [0.717, 1.165) is 40.0 Å². The molecule has 0 amide bonds. The largest absolute Gasteiger partial charge is 0.238 e. The lowest BCUT2D eigenvalue weighted by Crippen LogP contribution is -2.48. The third-order valence-corrected chi connectivity index (χ3v) is 12.1. The van der Waals surface area contributed by atoms with Gasteiger partial charge < -0.3 is 0 Å².